The van der Waals surface area contributed by atoms with E-state index in [-0.39, 0.29) is 5.54 Å². The predicted molar refractivity (Wildman–Crippen MR) is 58.7 cm³/mol. The molecular formula is C11H18N4. The highest BCUT2D eigenvalue weighted by Crippen LogP contribution is 2.35. The Bertz CT molecular complexity index is 351. The number of hydrogen-bond acceptors (Lipinski definition) is 3. The van der Waals surface area contributed by atoms with E-state index in [0.29, 0.717) is 6.04 Å². The van der Waals surface area contributed by atoms with Gasteiger partial charge in [0.15, 0.2) is 0 Å². The van der Waals surface area contributed by atoms with Crippen molar-refractivity contribution in [3.05, 3.63) is 17.7 Å². The van der Waals surface area contributed by atoms with E-state index in [4.69, 9.17) is 0 Å². The van der Waals surface area contributed by atoms with Crippen LogP contribution in [0.4, 0.5) is 0 Å². The minimum atomic E-state index is 0.137. The van der Waals surface area contributed by atoms with E-state index in [9.17, 15) is 0 Å². The van der Waals surface area contributed by atoms with Crippen LogP contribution < -0.4 is 10.6 Å². The molecule has 82 valence electrons. The van der Waals surface area contributed by atoms with Crippen molar-refractivity contribution in [2.75, 3.05) is 13.1 Å². The highest BCUT2D eigenvalue weighted by molar-refractivity contribution is 5.27. The van der Waals surface area contributed by atoms with E-state index in [1.165, 1.54) is 11.4 Å². The van der Waals surface area contributed by atoms with E-state index >= 15 is 0 Å². The number of rotatable bonds is 0. The lowest BCUT2D eigenvalue weighted by molar-refractivity contribution is 0.201. The molecule has 1 spiro atoms. The van der Waals surface area contributed by atoms with Crippen LogP contribution in [0.5, 0.6) is 0 Å². The highest BCUT2D eigenvalue weighted by Gasteiger charge is 2.41. The first-order chi connectivity index (χ1) is 7.30. The van der Waals surface area contributed by atoms with Crippen molar-refractivity contribution in [2.24, 2.45) is 0 Å². The summed E-state index contributed by atoms with van der Waals surface area (Å²) in [6.45, 7) is 4.44. The summed E-state index contributed by atoms with van der Waals surface area (Å²) in [5, 5.41) is 7.17. The molecule has 0 saturated carbocycles. The SMILES string of the molecule is CC1Cc2[nH]cnc2C2(CCNCC2)N1. The van der Waals surface area contributed by atoms with Crippen molar-refractivity contribution in [3.63, 3.8) is 0 Å². The molecule has 1 aromatic rings. The van der Waals surface area contributed by atoms with E-state index < -0.39 is 0 Å². The summed E-state index contributed by atoms with van der Waals surface area (Å²) in [5.74, 6) is 0. The third-order valence-electron chi connectivity index (χ3n) is 3.66. The Morgan fingerprint density at radius 2 is 2.20 bits per heavy atom. The Hall–Kier alpha value is -0.870. The second kappa shape index (κ2) is 3.32. The highest BCUT2D eigenvalue weighted by atomic mass is 15.1. The van der Waals surface area contributed by atoms with Gasteiger partial charge in [-0.2, -0.15) is 0 Å². The van der Waals surface area contributed by atoms with Crippen molar-refractivity contribution < 1.29 is 0 Å². The largest absolute Gasteiger partial charge is 0.348 e. The van der Waals surface area contributed by atoms with Crippen LogP contribution in [0.1, 0.15) is 31.2 Å². The number of piperidine rings is 1. The second-order valence-corrected chi connectivity index (χ2v) is 4.81. The standard InChI is InChI=1S/C11H18N4/c1-8-6-9-10(14-7-13-9)11(15-8)2-4-12-5-3-11/h7-8,12,15H,2-6H2,1H3,(H,13,14). The lowest BCUT2D eigenvalue weighted by Gasteiger charge is -2.43. The molecule has 3 rings (SSSR count). The minimum Gasteiger partial charge on any atom is -0.348 e. The number of nitrogens with zero attached hydrogens (tertiary/aromatic N) is 1. The van der Waals surface area contributed by atoms with Gasteiger partial charge in [-0.1, -0.05) is 0 Å². The fraction of sp³-hybridized carbons (Fsp3) is 0.727. The van der Waals surface area contributed by atoms with Crippen molar-refractivity contribution in [3.8, 4) is 0 Å². The summed E-state index contributed by atoms with van der Waals surface area (Å²) >= 11 is 0. The molecule has 0 aromatic carbocycles. The van der Waals surface area contributed by atoms with Crippen LogP contribution in [0.15, 0.2) is 6.33 Å². The Labute approximate surface area is 89.9 Å². The van der Waals surface area contributed by atoms with E-state index in [0.717, 1.165) is 32.4 Å². The monoisotopic (exact) mass is 206 g/mol. The van der Waals surface area contributed by atoms with Crippen molar-refractivity contribution in [1.82, 2.24) is 20.6 Å². The van der Waals surface area contributed by atoms with Gasteiger partial charge in [-0.25, -0.2) is 4.98 Å². The average Bonchev–Trinajstić information content (AvgIpc) is 2.67. The number of aromatic nitrogens is 2. The number of fused-ring (bicyclic) bond motifs is 2. The molecule has 3 heterocycles. The molecular weight excluding hydrogens is 188 g/mol. The van der Waals surface area contributed by atoms with E-state index in [1.54, 1.807) is 0 Å². The van der Waals surface area contributed by atoms with E-state index in [1.807, 2.05) is 6.33 Å². The molecule has 1 aromatic heterocycles. The van der Waals surface area contributed by atoms with Gasteiger partial charge in [0.2, 0.25) is 0 Å². The summed E-state index contributed by atoms with van der Waals surface area (Å²) in [6, 6.07) is 0.552. The first kappa shape index (κ1) is 9.36. The molecule has 4 heteroatoms. The average molecular weight is 206 g/mol. The Balaban J connectivity index is 2.02. The Kier molecular flexibility index (Phi) is 2.07. The third kappa shape index (κ3) is 1.40. The van der Waals surface area contributed by atoms with Gasteiger partial charge in [-0.05, 0) is 32.9 Å². The zero-order valence-electron chi connectivity index (χ0n) is 9.14. The number of H-pyrrole nitrogens is 1. The maximum absolute atomic E-state index is 4.52. The van der Waals surface area contributed by atoms with Crippen molar-refractivity contribution in [2.45, 2.75) is 37.8 Å². The second-order valence-electron chi connectivity index (χ2n) is 4.81. The van der Waals surface area contributed by atoms with Gasteiger partial charge in [-0.15, -0.1) is 0 Å². The molecule has 0 bridgehead atoms. The third-order valence-corrected chi connectivity index (χ3v) is 3.66. The molecule has 4 nitrogen and oxygen atoms in total. The van der Waals surface area contributed by atoms with E-state index in [2.05, 4.69) is 27.5 Å². The first-order valence-corrected chi connectivity index (χ1v) is 5.81. The molecule has 15 heavy (non-hydrogen) atoms. The molecule has 1 saturated heterocycles. The van der Waals surface area contributed by atoms with Gasteiger partial charge in [0, 0.05) is 18.2 Å². The zero-order valence-corrected chi connectivity index (χ0v) is 9.14. The first-order valence-electron chi connectivity index (χ1n) is 5.81. The smallest absolute Gasteiger partial charge is 0.0926 e. The quantitative estimate of drug-likeness (QED) is 0.580. The predicted octanol–water partition coefficient (Wildman–Crippen LogP) is 0.523. The molecule has 1 fully saturated rings. The van der Waals surface area contributed by atoms with Crippen LogP contribution in [0.2, 0.25) is 0 Å². The Morgan fingerprint density at radius 1 is 1.40 bits per heavy atom. The zero-order chi connectivity index (χ0) is 10.3. The summed E-state index contributed by atoms with van der Waals surface area (Å²) in [4.78, 5) is 7.81. The van der Waals surface area contributed by atoms with Crippen LogP contribution in [0.25, 0.3) is 0 Å². The van der Waals surface area contributed by atoms with Crippen molar-refractivity contribution in [1.29, 1.82) is 0 Å². The van der Waals surface area contributed by atoms with Crippen LogP contribution in [0.3, 0.4) is 0 Å². The molecule has 0 radical (unpaired) electrons. The normalized spacial score (nSPS) is 29.0. The van der Waals surface area contributed by atoms with Crippen LogP contribution in [-0.2, 0) is 12.0 Å². The molecule has 1 atom stereocenters. The van der Waals surface area contributed by atoms with Crippen LogP contribution in [-0.4, -0.2) is 29.1 Å². The number of nitrogens with one attached hydrogen (secondary N) is 3. The topological polar surface area (TPSA) is 52.7 Å². The lowest BCUT2D eigenvalue weighted by atomic mass is 9.80. The van der Waals surface area contributed by atoms with Gasteiger partial charge in [0.05, 0.1) is 17.6 Å². The molecule has 0 amide bonds. The number of imidazole rings is 1. The minimum absolute atomic E-state index is 0.137. The van der Waals surface area contributed by atoms with Crippen molar-refractivity contribution >= 4 is 0 Å². The maximum Gasteiger partial charge on any atom is 0.0926 e. The van der Waals surface area contributed by atoms with Gasteiger partial charge in [0.25, 0.3) is 0 Å². The number of aromatic amines is 1. The van der Waals surface area contributed by atoms with Gasteiger partial charge < -0.3 is 15.6 Å². The fourth-order valence-corrected chi connectivity index (χ4v) is 3.02. The van der Waals surface area contributed by atoms with Gasteiger partial charge >= 0.3 is 0 Å². The van der Waals surface area contributed by atoms with Crippen LogP contribution in [0, 0.1) is 0 Å². The van der Waals surface area contributed by atoms with Crippen LogP contribution >= 0.6 is 0 Å². The Morgan fingerprint density at radius 3 is 3.00 bits per heavy atom. The molecule has 2 aliphatic rings. The fourth-order valence-electron chi connectivity index (χ4n) is 3.02. The maximum atomic E-state index is 4.52. The molecule has 2 aliphatic heterocycles. The summed E-state index contributed by atoms with van der Waals surface area (Å²) < 4.78 is 0. The van der Waals surface area contributed by atoms with Gasteiger partial charge in [-0.3, -0.25) is 0 Å². The summed E-state index contributed by atoms with van der Waals surface area (Å²) in [5.41, 5.74) is 2.74. The molecule has 1 unspecified atom stereocenters. The summed E-state index contributed by atoms with van der Waals surface area (Å²) in [7, 11) is 0. The lowest BCUT2D eigenvalue weighted by Crippen LogP contribution is -2.56. The summed E-state index contributed by atoms with van der Waals surface area (Å²) in [6.07, 6.45) is 5.21. The molecule has 0 aliphatic carbocycles. The van der Waals surface area contributed by atoms with Gasteiger partial charge in [0.1, 0.15) is 0 Å². The number of hydrogen-bond donors (Lipinski definition) is 3. The molecule has 3 N–H and O–H groups in total.